The number of benzene rings is 1. The summed E-state index contributed by atoms with van der Waals surface area (Å²) >= 11 is 0. The molecule has 0 bridgehead atoms. The Morgan fingerprint density at radius 1 is 1.30 bits per heavy atom. The molecule has 5 nitrogen and oxygen atoms in total. The fourth-order valence-electron chi connectivity index (χ4n) is 2.04. The molecule has 99 valence electrons. The summed E-state index contributed by atoms with van der Waals surface area (Å²) in [5, 5.41) is 6.13. The van der Waals surface area contributed by atoms with E-state index in [4.69, 9.17) is 0 Å². The third-order valence-electron chi connectivity index (χ3n) is 3.01. The first-order chi connectivity index (χ1) is 9.78. The second kappa shape index (κ2) is 5.05. The van der Waals surface area contributed by atoms with Crippen LogP contribution >= 0.6 is 0 Å². The number of nitrogens with one attached hydrogen (secondary N) is 3. The maximum atomic E-state index is 11.3. The molecule has 1 radical (unpaired) electrons. The molecular formula is C15H13N4O. The lowest BCUT2D eigenvalue weighted by atomic mass is 10.1. The highest BCUT2D eigenvalue weighted by Crippen LogP contribution is 2.27. The van der Waals surface area contributed by atoms with Crippen LogP contribution in [0.3, 0.4) is 0 Å². The second-order valence-electron chi connectivity index (χ2n) is 4.28. The molecule has 2 heterocycles. The minimum atomic E-state index is -0.292. The largest absolute Gasteiger partial charge is 0.345 e. The standard InChI is InChI=1S/C15H13N4O/c1-16-15(20)19-13-8-7-11-12(9-17-14(11)18-13)10-5-3-2-4-6-10/h2-5,7-9H,1H3,(H3,16,17,18,19,20). The summed E-state index contributed by atoms with van der Waals surface area (Å²) in [5.74, 6) is 0.502. The number of pyridine rings is 1. The highest BCUT2D eigenvalue weighted by Gasteiger charge is 2.08. The monoisotopic (exact) mass is 265 g/mol. The Morgan fingerprint density at radius 2 is 2.20 bits per heavy atom. The van der Waals surface area contributed by atoms with E-state index in [2.05, 4.69) is 26.7 Å². The molecule has 5 heteroatoms. The first kappa shape index (κ1) is 12.2. The Morgan fingerprint density at radius 3 is 2.95 bits per heavy atom. The van der Waals surface area contributed by atoms with E-state index >= 15 is 0 Å². The van der Waals surface area contributed by atoms with Gasteiger partial charge in [0.05, 0.1) is 0 Å². The molecule has 0 atom stereocenters. The van der Waals surface area contributed by atoms with Crippen molar-refractivity contribution in [1.82, 2.24) is 15.3 Å². The first-order valence-corrected chi connectivity index (χ1v) is 6.22. The van der Waals surface area contributed by atoms with Crippen LogP contribution in [0.4, 0.5) is 10.6 Å². The molecule has 3 N–H and O–H groups in total. The Hall–Kier alpha value is -2.82. The Bertz CT molecular complexity index is 749. The molecule has 0 fully saturated rings. The fourth-order valence-corrected chi connectivity index (χ4v) is 2.04. The Labute approximate surface area is 116 Å². The molecule has 2 amide bonds. The van der Waals surface area contributed by atoms with Crippen molar-refractivity contribution in [2.75, 3.05) is 12.4 Å². The van der Waals surface area contributed by atoms with E-state index in [0.717, 1.165) is 22.2 Å². The summed E-state index contributed by atoms with van der Waals surface area (Å²) in [6.07, 6.45) is 1.90. The van der Waals surface area contributed by atoms with Gasteiger partial charge in [0, 0.05) is 24.2 Å². The van der Waals surface area contributed by atoms with Crippen molar-refractivity contribution in [3.05, 3.63) is 48.7 Å². The van der Waals surface area contributed by atoms with Crippen molar-refractivity contribution in [3.8, 4) is 11.1 Å². The average molecular weight is 265 g/mol. The van der Waals surface area contributed by atoms with Crippen LogP contribution in [-0.4, -0.2) is 23.0 Å². The minimum Gasteiger partial charge on any atom is -0.345 e. The van der Waals surface area contributed by atoms with E-state index in [1.54, 1.807) is 13.1 Å². The number of anilines is 1. The van der Waals surface area contributed by atoms with Gasteiger partial charge in [0.2, 0.25) is 0 Å². The van der Waals surface area contributed by atoms with Gasteiger partial charge in [-0.1, -0.05) is 24.3 Å². The number of carbonyl (C=O) groups is 1. The summed E-state index contributed by atoms with van der Waals surface area (Å²) in [4.78, 5) is 18.7. The summed E-state index contributed by atoms with van der Waals surface area (Å²) in [7, 11) is 1.56. The van der Waals surface area contributed by atoms with Gasteiger partial charge in [0.15, 0.2) is 0 Å². The molecule has 3 aromatic rings. The van der Waals surface area contributed by atoms with E-state index in [-0.39, 0.29) is 6.03 Å². The SMILES string of the molecule is CNC(=O)Nc1ccc2c(-c3[c]cccc3)c[nH]c2n1. The fraction of sp³-hybridized carbons (Fsp3) is 0.0667. The molecule has 0 saturated carbocycles. The van der Waals surface area contributed by atoms with Crippen LogP contribution in [0.5, 0.6) is 0 Å². The van der Waals surface area contributed by atoms with Crippen molar-refractivity contribution < 1.29 is 4.79 Å². The number of carbonyl (C=O) groups excluding carboxylic acids is 1. The predicted molar refractivity (Wildman–Crippen MR) is 78.4 cm³/mol. The van der Waals surface area contributed by atoms with Crippen LogP contribution in [0.1, 0.15) is 0 Å². The smallest absolute Gasteiger partial charge is 0.320 e. The van der Waals surface area contributed by atoms with Gasteiger partial charge in [-0.3, -0.25) is 5.32 Å². The van der Waals surface area contributed by atoms with E-state index < -0.39 is 0 Å². The number of urea groups is 1. The number of aromatic amines is 1. The Kier molecular flexibility index (Phi) is 3.09. The predicted octanol–water partition coefficient (Wildman–Crippen LogP) is 2.78. The lowest BCUT2D eigenvalue weighted by Gasteiger charge is -2.03. The zero-order valence-electron chi connectivity index (χ0n) is 10.9. The zero-order chi connectivity index (χ0) is 13.9. The summed E-state index contributed by atoms with van der Waals surface area (Å²) in [5.41, 5.74) is 2.78. The third kappa shape index (κ3) is 2.21. The molecular weight excluding hydrogens is 252 g/mol. The summed E-state index contributed by atoms with van der Waals surface area (Å²) < 4.78 is 0. The van der Waals surface area contributed by atoms with Crippen LogP contribution in [0.25, 0.3) is 22.2 Å². The lowest BCUT2D eigenvalue weighted by Crippen LogP contribution is -2.24. The molecule has 0 aliphatic carbocycles. The van der Waals surface area contributed by atoms with Gasteiger partial charge in [-0.2, -0.15) is 0 Å². The molecule has 0 aliphatic heterocycles. The van der Waals surface area contributed by atoms with Crippen LogP contribution in [0, 0.1) is 6.07 Å². The minimum absolute atomic E-state index is 0.292. The number of hydrogen-bond donors (Lipinski definition) is 3. The van der Waals surface area contributed by atoms with Crippen LogP contribution in [0.2, 0.25) is 0 Å². The quantitative estimate of drug-likeness (QED) is 0.666. The van der Waals surface area contributed by atoms with Gasteiger partial charge in [-0.25, -0.2) is 9.78 Å². The number of amides is 2. The zero-order valence-corrected chi connectivity index (χ0v) is 10.9. The van der Waals surface area contributed by atoms with E-state index in [1.807, 2.05) is 36.5 Å². The summed E-state index contributed by atoms with van der Waals surface area (Å²) in [6, 6.07) is 14.4. The Balaban J connectivity index is 2.01. The summed E-state index contributed by atoms with van der Waals surface area (Å²) in [6.45, 7) is 0. The number of aromatic nitrogens is 2. The molecule has 1 aromatic carbocycles. The van der Waals surface area contributed by atoms with Crippen molar-refractivity contribution in [2.24, 2.45) is 0 Å². The first-order valence-electron chi connectivity index (χ1n) is 6.22. The van der Waals surface area contributed by atoms with Gasteiger partial charge in [-0.05, 0) is 23.8 Å². The third-order valence-corrected chi connectivity index (χ3v) is 3.01. The number of fused-ring (bicyclic) bond motifs is 1. The van der Waals surface area contributed by atoms with Crippen LogP contribution in [0.15, 0.2) is 42.6 Å². The van der Waals surface area contributed by atoms with Gasteiger partial charge in [0.1, 0.15) is 11.5 Å². The molecule has 0 spiro atoms. The van der Waals surface area contributed by atoms with Gasteiger partial charge in [0.25, 0.3) is 0 Å². The van der Waals surface area contributed by atoms with Crippen molar-refractivity contribution in [2.45, 2.75) is 0 Å². The van der Waals surface area contributed by atoms with E-state index in [0.29, 0.717) is 5.82 Å². The second-order valence-corrected chi connectivity index (χ2v) is 4.28. The van der Waals surface area contributed by atoms with Crippen molar-refractivity contribution in [3.63, 3.8) is 0 Å². The number of H-pyrrole nitrogens is 1. The average Bonchev–Trinajstić information content (AvgIpc) is 2.91. The molecule has 0 saturated heterocycles. The van der Waals surface area contributed by atoms with E-state index in [1.165, 1.54) is 0 Å². The van der Waals surface area contributed by atoms with Gasteiger partial charge >= 0.3 is 6.03 Å². The highest BCUT2D eigenvalue weighted by molar-refractivity contribution is 5.95. The number of rotatable bonds is 2. The number of hydrogen-bond acceptors (Lipinski definition) is 2. The van der Waals surface area contributed by atoms with Crippen LogP contribution in [-0.2, 0) is 0 Å². The molecule has 3 rings (SSSR count). The maximum Gasteiger partial charge on any atom is 0.320 e. The molecule has 2 aromatic heterocycles. The topological polar surface area (TPSA) is 69.8 Å². The lowest BCUT2D eigenvalue weighted by molar-refractivity contribution is 0.254. The molecule has 20 heavy (non-hydrogen) atoms. The van der Waals surface area contributed by atoms with Gasteiger partial charge in [-0.15, -0.1) is 0 Å². The van der Waals surface area contributed by atoms with E-state index in [9.17, 15) is 4.79 Å². The maximum absolute atomic E-state index is 11.3. The molecule has 0 aliphatic rings. The van der Waals surface area contributed by atoms with Crippen molar-refractivity contribution in [1.29, 1.82) is 0 Å². The van der Waals surface area contributed by atoms with Crippen molar-refractivity contribution >= 4 is 22.9 Å². The van der Waals surface area contributed by atoms with Crippen LogP contribution < -0.4 is 10.6 Å². The highest BCUT2D eigenvalue weighted by atomic mass is 16.2. The number of nitrogens with zero attached hydrogens (tertiary/aromatic N) is 1. The normalized spacial score (nSPS) is 10.4. The molecule has 0 unspecified atom stereocenters. The van der Waals surface area contributed by atoms with Gasteiger partial charge < -0.3 is 10.3 Å².